The largest absolute Gasteiger partial charge is 0.481 e. The Hall–Kier alpha value is -1.44. The zero-order valence-corrected chi connectivity index (χ0v) is 15.8. The van der Waals surface area contributed by atoms with E-state index in [-0.39, 0.29) is 6.42 Å². The van der Waals surface area contributed by atoms with E-state index in [1.54, 1.807) is 12.1 Å². The second kappa shape index (κ2) is 8.78. The van der Waals surface area contributed by atoms with Crippen LogP contribution in [0.15, 0.2) is 29.2 Å². The van der Waals surface area contributed by atoms with Crippen molar-refractivity contribution in [1.82, 2.24) is 9.21 Å². The van der Waals surface area contributed by atoms with Gasteiger partial charge in [0.25, 0.3) is 0 Å². The standard InChI is InChI=1S/C18H28N2O4S/c1-3-15(2)16-6-8-17(9-7-16)25(23,24)20-13-11-19(12-14-20)10-4-5-18(21)22/h6-9,15H,3-5,10-14H2,1-2H3,(H,21,22). The fourth-order valence-corrected chi connectivity index (χ4v) is 4.42. The number of rotatable bonds is 8. The lowest BCUT2D eigenvalue weighted by Crippen LogP contribution is -2.48. The number of carboxylic acid groups (broad SMARTS) is 1. The first-order valence-electron chi connectivity index (χ1n) is 8.89. The van der Waals surface area contributed by atoms with Gasteiger partial charge in [-0.25, -0.2) is 8.42 Å². The van der Waals surface area contributed by atoms with E-state index in [2.05, 4.69) is 18.7 Å². The molecular formula is C18H28N2O4S. The monoisotopic (exact) mass is 368 g/mol. The maximum Gasteiger partial charge on any atom is 0.303 e. The SMILES string of the molecule is CCC(C)c1ccc(S(=O)(=O)N2CCN(CCCC(=O)O)CC2)cc1. The van der Waals surface area contributed by atoms with Crippen molar-refractivity contribution in [3.05, 3.63) is 29.8 Å². The Morgan fingerprint density at radius 2 is 1.76 bits per heavy atom. The van der Waals surface area contributed by atoms with E-state index in [0.717, 1.165) is 12.0 Å². The summed E-state index contributed by atoms with van der Waals surface area (Å²) in [4.78, 5) is 13.0. The summed E-state index contributed by atoms with van der Waals surface area (Å²) in [5.41, 5.74) is 1.16. The summed E-state index contributed by atoms with van der Waals surface area (Å²) in [5.74, 6) is -0.367. The predicted octanol–water partition coefficient (Wildman–Crippen LogP) is 2.37. The Bertz CT molecular complexity index is 665. The number of aliphatic carboxylic acids is 1. The van der Waals surface area contributed by atoms with Crippen molar-refractivity contribution in [2.24, 2.45) is 0 Å². The van der Waals surface area contributed by atoms with E-state index in [1.807, 2.05) is 12.1 Å². The van der Waals surface area contributed by atoms with E-state index in [0.29, 0.717) is 50.0 Å². The third kappa shape index (κ3) is 5.26. The minimum absolute atomic E-state index is 0.154. The van der Waals surface area contributed by atoms with Gasteiger partial charge in [0.05, 0.1) is 4.90 Å². The number of carboxylic acids is 1. The van der Waals surface area contributed by atoms with E-state index in [4.69, 9.17) is 5.11 Å². The smallest absolute Gasteiger partial charge is 0.303 e. The highest BCUT2D eigenvalue weighted by Crippen LogP contribution is 2.23. The van der Waals surface area contributed by atoms with Crippen LogP contribution >= 0.6 is 0 Å². The highest BCUT2D eigenvalue weighted by Gasteiger charge is 2.28. The van der Waals surface area contributed by atoms with Gasteiger partial charge >= 0.3 is 5.97 Å². The Morgan fingerprint density at radius 1 is 1.16 bits per heavy atom. The molecule has 7 heteroatoms. The van der Waals surface area contributed by atoms with Gasteiger partial charge in [0.15, 0.2) is 0 Å². The van der Waals surface area contributed by atoms with Gasteiger partial charge in [0.1, 0.15) is 0 Å². The van der Waals surface area contributed by atoms with Crippen molar-refractivity contribution in [3.63, 3.8) is 0 Å². The molecule has 1 unspecified atom stereocenters. The summed E-state index contributed by atoms with van der Waals surface area (Å²) in [6, 6.07) is 7.22. The van der Waals surface area contributed by atoms with Crippen LogP contribution in [-0.4, -0.2) is 61.4 Å². The van der Waals surface area contributed by atoms with Gasteiger partial charge < -0.3 is 10.0 Å². The first kappa shape index (κ1) is 19.9. The highest BCUT2D eigenvalue weighted by atomic mass is 32.2. The molecule has 1 heterocycles. The molecule has 0 bridgehead atoms. The molecule has 140 valence electrons. The van der Waals surface area contributed by atoms with Crippen LogP contribution in [-0.2, 0) is 14.8 Å². The van der Waals surface area contributed by atoms with Gasteiger partial charge in [-0.15, -0.1) is 0 Å². The fourth-order valence-electron chi connectivity index (χ4n) is 3.00. The zero-order valence-electron chi connectivity index (χ0n) is 15.0. The fraction of sp³-hybridized carbons (Fsp3) is 0.611. The van der Waals surface area contributed by atoms with Gasteiger partial charge in [0, 0.05) is 32.6 Å². The summed E-state index contributed by atoms with van der Waals surface area (Å²) >= 11 is 0. The molecule has 1 N–H and O–H groups in total. The molecule has 1 aromatic carbocycles. The van der Waals surface area contributed by atoms with E-state index in [1.165, 1.54) is 4.31 Å². The lowest BCUT2D eigenvalue weighted by Gasteiger charge is -2.33. The van der Waals surface area contributed by atoms with Crippen molar-refractivity contribution >= 4 is 16.0 Å². The average Bonchev–Trinajstić information content (AvgIpc) is 2.61. The molecule has 1 aromatic rings. The van der Waals surface area contributed by atoms with Gasteiger partial charge in [-0.3, -0.25) is 4.79 Å². The molecule has 1 saturated heterocycles. The van der Waals surface area contributed by atoms with Crippen LogP contribution in [0.2, 0.25) is 0 Å². The molecule has 0 saturated carbocycles. The summed E-state index contributed by atoms with van der Waals surface area (Å²) < 4.78 is 27.1. The molecule has 1 fully saturated rings. The summed E-state index contributed by atoms with van der Waals surface area (Å²) in [7, 11) is -3.46. The van der Waals surface area contributed by atoms with Crippen molar-refractivity contribution in [3.8, 4) is 0 Å². The van der Waals surface area contributed by atoms with E-state index >= 15 is 0 Å². The Kier molecular flexibility index (Phi) is 6.98. The van der Waals surface area contributed by atoms with Crippen LogP contribution in [0.4, 0.5) is 0 Å². The molecule has 0 radical (unpaired) electrons. The van der Waals surface area contributed by atoms with Crippen molar-refractivity contribution < 1.29 is 18.3 Å². The second-order valence-electron chi connectivity index (χ2n) is 6.62. The molecule has 0 spiro atoms. The maximum absolute atomic E-state index is 12.8. The highest BCUT2D eigenvalue weighted by molar-refractivity contribution is 7.89. The normalized spacial score (nSPS) is 18.2. The van der Waals surface area contributed by atoms with Crippen LogP contribution in [0.3, 0.4) is 0 Å². The van der Waals surface area contributed by atoms with Crippen molar-refractivity contribution in [2.45, 2.75) is 43.9 Å². The summed E-state index contributed by atoms with van der Waals surface area (Å²) in [6.45, 7) is 7.13. The Morgan fingerprint density at radius 3 is 2.28 bits per heavy atom. The summed E-state index contributed by atoms with van der Waals surface area (Å²) in [6.07, 6.45) is 1.77. The Balaban J connectivity index is 1.94. The number of carbonyl (C=O) groups is 1. The number of hydrogen-bond donors (Lipinski definition) is 1. The molecule has 0 amide bonds. The first-order chi connectivity index (χ1) is 11.8. The molecule has 1 atom stereocenters. The van der Waals surface area contributed by atoms with E-state index < -0.39 is 16.0 Å². The average molecular weight is 368 g/mol. The molecule has 0 aromatic heterocycles. The molecule has 25 heavy (non-hydrogen) atoms. The summed E-state index contributed by atoms with van der Waals surface area (Å²) in [5, 5.41) is 8.68. The van der Waals surface area contributed by atoms with Crippen LogP contribution < -0.4 is 0 Å². The molecule has 0 aliphatic carbocycles. The molecule has 2 rings (SSSR count). The Labute approximate surface area is 150 Å². The van der Waals surface area contributed by atoms with Crippen molar-refractivity contribution in [1.29, 1.82) is 0 Å². The molecule has 1 aliphatic heterocycles. The van der Waals surface area contributed by atoms with Gasteiger partial charge in [0.2, 0.25) is 10.0 Å². The minimum Gasteiger partial charge on any atom is -0.481 e. The molecular weight excluding hydrogens is 340 g/mol. The number of hydrogen-bond acceptors (Lipinski definition) is 4. The number of benzene rings is 1. The lowest BCUT2D eigenvalue weighted by molar-refractivity contribution is -0.137. The minimum atomic E-state index is -3.46. The van der Waals surface area contributed by atoms with Crippen LogP contribution in [0, 0.1) is 0 Å². The van der Waals surface area contributed by atoms with Crippen LogP contribution in [0.1, 0.15) is 44.6 Å². The number of piperazine rings is 1. The zero-order chi connectivity index (χ0) is 18.4. The molecule has 6 nitrogen and oxygen atoms in total. The molecule has 1 aliphatic rings. The van der Waals surface area contributed by atoms with Gasteiger partial charge in [-0.05, 0) is 43.0 Å². The van der Waals surface area contributed by atoms with Gasteiger partial charge in [-0.1, -0.05) is 26.0 Å². The third-order valence-corrected chi connectivity index (χ3v) is 6.81. The quantitative estimate of drug-likeness (QED) is 0.762. The lowest BCUT2D eigenvalue weighted by atomic mass is 9.99. The third-order valence-electron chi connectivity index (χ3n) is 4.90. The number of sulfonamides is 1. The topological polar surface area (TPSA) is 77.9 Å². The van der Waals surface area contributed by atoms with E-state index in [9.17, 15) is 13.2 Å². The second-order valence-corrected chi connectivity index (χ2v) is 8.56. The van der Waals surface area contributed by atoms with Crippen LogP contribution in [0.5, 0.6) is 0 Å². The first-order valence-corrected chi connectivity index (χ1v) is 10.3. The van der Waals surface area contributed by atoms with Crippen LogP contribution in [0.25, 0.3) is 0 Å². The van der Waals surface area contributed by atoms with Crippen molar-refractivity contribution in [2.75, 3.05) is 32.7 Å². The van der Waals surface area contributed by atoms with Gasteiger partial charge in [-0.2, -0.15) is 4.31 Å². The predicted molar refractivity (Wildman–Crippen MR) is 97.2 cm³/mol. The number of nitrogens with zero attached hydrogens (tertiary/aromatic N) is 2. The maximum atomic E-state index is 12.8.